The van der Waals surface area contributed by atoms with Gasteiger partial charge in [0, 0.05) is 6.54 Å². The van der Waals surface area contributed by atoms with Crippen LogP contribution in [0.3, 0.4) is 0 Å². The molecule has 0 amide bonds. The minimum Gasteiger partial charge on any atom is -0.480 e. The van der Waals surface area contributed by atoms with Crippen LogP contribution in [0.15, 0.2) is 23.1 Å². The standard InChI is InChI=1S/C14H16FNO6S/c1-22-14(19)12-9(15)5-4-7-11(12)23(20,21)16-8-3-2-6-10(16)13(17)18/h4-5,7,10H,2-3,6,8H2,1H3,(H,17,18). The highest BCUT2D eigenvalue weighted by atomic mass is 32.2. The molecule has 0 aromatic heterocycles. The summed E-state index contributed by atoms with van der Waals surface area (Å²) in [5.74, 6) is -3.45. The first kappa shape index (κ1) is 17.4. The van der Waals surface area contributed by atoms with Gasteiger partial charge in [-0.15, -0.1) is 0 Å². The number of hydrogen-bond donors (Lipinski definition) is 1. The van der Waals surface area contributed by atoms with E-state index in [0.29, 0.717) is 12.8 Å². The van der Waals surface area contributed by atoms with Crippen molar-refractivity contribution in [2.24, 2.45) is 0 Å². The second-order valence-corrected chi connectivity index (χ2v) is 6.93. The van der Waals surface area contributed by atoms with Crippen molar-refractivity contribution in [1.82, 2.24) is 4.31 Å². The van der Waals surface area contributed by atoms with Crippen LogP contribution in [0.5, 0.6) is 0 Å². The largest absolute Gasteiger partial charge is 0.480 e. The molecule has 1 atom stereocenters. The van der Waals surface area contributed by atoms with Gasteiger partial charge in [0.05, 0.1) is 12.0 Å². The number of piperidine rings is 1. The second-order valence-electron chi connectivity index (χ2n) is 5.07. The lowest BCUT2D eigenvalue weighted by Crippen LogP contribution is -2.48. The molecular formula is C14H16FNO6S. The number of methoxy groups -OCH3 is 1. The van der Waals surface area contributed by atoms with Crippen molar-refractivity contribution in [1.29, 1.82) is 0 Å². The molecule has 1 aromatic carbocycles. The number of aliphatic carboxylic acids is 1. The number of hydrogen-bond acceptors (Lipinski definition) is 5. The van der Waals surface area contributed by atoms with Crippen LogP contribution in [-0.4, -0.2) is 49.5 Å². The number of carbonyl (C=O) groups is 2. The van der Waals surface area contributed by atoms with Gasteiger partial charge in [-0.25, -0.2) is 17.6 Å². The lowest BCUT2D eigenvalue weighted by molar-refractivity contribution is -0.142. The Morgan fingerprint density at radius 2 is 2.04 bits per heavy atom. The van der Waals surface area contributed by atoms with Crippen molar-refractivity contribution in [2.45, 2.75) is 30.2 Å². The zero-order chi connectivity index (χ0) is 17.2. The molecule has 7 nitrogen and oxygen atoms in total. The van der Waals surface area contributed by atoms with Crippen molar-refractivity contribution < 1.29 is 32.2 Å². The average Bonchev–Trinajstić information content (AvgIpc) is 2.53. The van der Waals surface area contributed by atoms with Gasteiger partial charge in [-0.3, -0.25) is 4.79 Å². The van der Waals surface area contributed by atoms with Gasteiger partial charge < -0.3 is 9.84 Å². The van der Waals surface area contributed by atoms with Crippen molar-refractivity contribution in [3.8, 4) is 0 Å². The minimum absolute atomic E-state index is 0.00355. The first-order chi connectivity index (χ1) is 10.8. The van der Waals surface area contributed by atoms with E-state index in [1.165, 1.54) is 0 Å². The summed E-state index contributed by atoms with van der Waals surface area (Å²) in [5, 5.41) is 9.23. The lowest BCUT2D eigenvalue weighted by atomic mass is 10.1. The summed E-state index contributed by atoms with van der Waals surface area (Å²) in [6.45, 7) is -0.00355. The van der Waals surface area contributed by atoms with Crippen molar-refractivity contribution in [2.75, 3.05) is 13.7 Å². The molecule has 0 radical (unpaired) electrons. The zero-order valence-electron chi connectivity index (χ0n) is 12.4. The fourth-order valence-electron chi connectivity index (χ4n) is 2.59. The number of esters is 1. The summed E-state index contributed by atoms with van der Waals surface area (Å²) in [6, 6.07) is 1.92. The van der Waals surface area contributed by atoms with E-state index < -0.39 is 44.3 Å². The summed E-state index contributed by atoms with van der Waals surface area (Å²) in [6.07, 6.45) is 1.24. The maximum Gasteiger partial charge on any atom is 0.342 e. The van der Waals surface area contributed by atoms with Gasteiger partial charge in [0.25, 0.3) is 0 Å². The first-order valence-electron chi connectivity index (χ1n) is 6.92. The number of halogens is 1. The molecule has 1 unspecified atom stereocenters. The number of carbonyl (C=O) groups excluding carboxylic acids is 1. The van der Waals surface area contributed by atoms with Crippen LogP contribution in [-0.2, 0) is 19.6 Å². The van der Waals surface area contributed by atoms with E-state index in [1.807, 2.05) is 0 Å². The molecule has 1 N–H and O–H groups in total. The summed E-state index contributed by atoms with van der Waals surface area (Å²) in [5.41, 5.74) is -0.718. The third kappa shape index (κ3) is 3.20. The number of carboxylic acids is 1. The number of carboxylic acid groups (broad SMARTS) is 1. The topological polar surface area (TPSA) is 101 Å². The van der Waals surface area contributed by atoms with Crippen LogP contribution >= 0.6 is 0 Å². The molecule has 1 aliphatic heterocycles. The van der Waals surface area contributed by atoms with Gasteiger partial charge in [0.2, 0.25) is 10.0 Å². The van der Waals surface area contributed by atoms with Crippen LogP contribution < -0.4 is 0 Å². The van der Waals surface area contributed by atoms with Crippen LogP contribution in [0.1, 0.15) is 29.6 Å². The molecule has 0 bridgehead atoms. The Hall–Kier alpha value is -2.00. The van der Waals surface area contributed by atoms with E-state index >= 15 is 0 Å². The number of ether oxygens (including phenoxy) is 1. The molecule has 1 fully saturated rings. The van der Waals surface area contributed by atoms with Crippen molar-refractivity contribution in [3.05, 3.63) is 29.6 Å². The van der Waals surface area contributed by atoms with Crippen LogP contribution in [0.2, 0.25) is 0 Å². The number of rotatable bonds is 4. The molecule has 126 valence electrons. The quantitative estimate of drug-likeness (QED) is 0.824. The molecule has 9 heteroatoms. The smallest absolute Gasteiger partial charge is 0.342 e. The Bertz CT molecular complexity index is 733. The van der Waals surface area contributed by atoms with E-state index in [0.717, 1.165) is 29.6 Å². The molecule has 1 aliphatic rings. The van der Waals surface area contributed by atoms with Gasteiger partial charge >= 0.3 is 11.9 Å². The van der Waals surface area contributed by atoms with E-state index in [4.69, 9.17) is 0 Å². The maximum absolute atomic E-state index is 13.9. The molecular weight excluding hydrogens is 329 g/mol. The zero-order valence-corrected chi connectivity index (χ0v) is 13.2. The molecule has 0 spiro atoms. The summed E-state index contributed by atoms with van der Waals surface area (Å²) < 4.78 is 44.7. The Morgan fingerprint density at radius 3 is 2.65 bits per heavy atom. The third-order valence-corrected chi connectivity index (χ3v) is 5.64. The van der Waals surface area contributed by atoms with E-state index in [1.54, 1.807) is 0 Å². The van der Waals surface area contributed by atoms with Gasteiger partial charge in [-0.05, 0) is 31.4 Å². The molecule has 23 heavy (non-hydrogen) atoms. The number of sulfonamides is 1. The highest BCUT2D eigenvalue weighted by Crippen LogP contribution is 2.29. The van der Waals surface area contributed by atoms with Crippen molar-refractivity contribution in [3.63, 3.8) is 0 Å². The van der Waals surface area contributed by atoms with Crippen LogP contribution in [0.25, 0.3) is 0 Å². The lowest BCUT2D eigenvalue weighted by Gasteiger charge is -2.32. The highest BCUT2D eigenvalue weighted by Gasteiger charge is 2.40. The molecule has 0 aliphatic carbocycles. The normalized spacial score (nSPS) is 19.3. The monoisotopic (exact) mass is 345 g/mol. The van der Waals surface area contributed by atoms with E-state index in [9.17, 15) is 27.5 Å². The Labute approximate surface area is 132 Å². The predicted molar refractivity (Wildman–Crippen MR) is 76.9 cm³/mol. The Morgan fingerprint density at radius 1 is 1.35 bits per heavy atom. The summed E-state index contributed by atoms with van der Waals surface area (Å²) in [7, 11) is -3.35. The molecule has 2 rings (SSSR count). The van der Waals surface area contributed by atoms with Crippen LogP contribution in [0, 0.1) is 5.82 Å². The maximum atomic E-state index is 13.9. The highest BCUT2D eigenvalue weighted by molar-refractivity contribution is 7.89. The number of nitrogens with zero attached hydrogens (tertiary/aromatic N) is 1. The molecule has 1 heterocycles. The van der Waals surface area contributed by atoms with Crippen LogP contribution in [0.4, 0.5) is 4.39 Å². The predicted octanol–water partition coefficient (Wildman–Crippen LogP) is 1.24. The Balaban J connectivity index is 2.58. The molecule has 0 saturated carbocycles. The fourth-order valence-corrected chi connectivity index (χ4v) is 4.43. The fraction of sp³-hybridized carbons (Fsp3) is 0.429. The van der Waals surface area contributed by atoms with Crippen molar-refractivity contribution >= 4 is 22.0 Å². The van der Waals surface area contributed by atoms with Gasteiger partial charge in [-0.2, -0.15) is 4.31 Å². The Kier molecular flexibility index (Phi) is 5.00. The summed E-state index contributed by atoms with van der Waals surface area (Å²) in [4.78, 5) is 22.5. The van der Waals surface area contributed by atoms with E-state index in [-0.39, 0.29) is 13.0 Å². The van der Waals surface area contributed by atoms with Gasteiger partial charge in [0.1, 0.15) is 17.4 Å². The third-order valence-electron chi connectivity index (χ3n) is 3.69. The second kappa shape index (κ2) is 6.63. The van der Waals surface area contributed by atoms with E-state index in [2.05, 4.69) is 4.74 Å². The SMILES string of the molecule is COC(=O)c1c(F)cccc1S(=O)(=O)N1CCCCC1C(=O)O. The minimum atomic E-state index is -4.35. The van der Waals surface area contributed by atoms with Gasteiger partial charge in [0.15, 0.2) is 0 Å². The first-order valence-corrected chi connectivity index (χ1v) is 8.36. The summed E-state index contributed by atoms with van der Waals surface area (Å²) >= 11 is 0. The van der Waals surface area contributed by atoms with Gasteiger partial charge in [-0.1, -0.05) is 6.07 Å². The number of benzene rings is 1. The molecule has 1 saturated heterocycles. The molecule has 1 aromatic rings. The average molecular weight is 345 g/mol.